The van der Waals surface area contributed by atoms with Crippen molar-refractivity contribution in [3.8, 4) is 5.88 Å². The van der Waals surface area contributed by atoms with Gasteiger partial charge in [0.05, 0.1) is 12.7 Å². The molecule has 4 nitrogen and oxygen atoms in total. The number of nitrogens with zero attached hydrogens (tertiary/aromatic N) is 2. The fraction of sp³-hybridized carbons (Fsp3) is 0.273. The Bertz CT molecular complexity index is 978. The van der Waals surface area contributed by atoms with Crippen molar-refractivity contribution in [2.24, 2.45) is 0 Å². The first kappa shape index (κ1) is 21.3. The molecule has 152 valence electrons. The van der Waals surface area contributed by atoms with Crippen molar-refractivity contribution >= 4 is 28.9 Å². The minimum Gasteiger partial charge on any atom is -0.404 e. The Morgan fingerprint density at radius 2 is 2.17 bits per heavy atom. The molecule has 0 atom stereocenters. The van der Waals surface area contributed by atoms with E-state index in [9.17, 15) is 9.18 Å². The summed E-state index contributed by atoms with van der Waals surface area (Å²) in [5, 5.41) is 2.26. The van der Waals surface area contributed by atoms with Gasteiger partial charge in [0.2, 0.25) is 5.88 Å². The predicted molar refractivity (Wildman–Crippen MR) is 114 cm³/mol. The summed E-state index contributed by atoms with van der Waals surface area (Å²) < 4.78 is 21.6. The molecule has 0 saturated heterocycles. The van der Waals surface area contributed by atoms with Gasteiger partial charge in [0.25, 0.3) is 0 Å². The van der Waals surface area contributed by atoms with Crippen molar-refractivity contribution in [2.75, 3.05) is 0 Å². The Kier molecular flexibility index (Phi) is 7.23. The Balaban J connectivity index is 1.83. The van der Waals surface area contributed by atoms with E-state index in [0.29, 0.717) is 29.0 Å². The highest BCUT2D eigenvalue weighted by molar-refractivity contribution is 7.09. The summed E-state index contributed by atoms with van der Waals surface area (Å²) in [7, 11) is 0. The van der Waals surface area contributed by atoms with E-state index in [-0.39, 0.29) is 12.4 Å². The van der Waals surface area contributed by atoms with Crippen molar-refractivity contribution in [3.63, 3.8) is 0 Å². The average Bonchev–Trinajstić information content (AvgIpc) is 3.33. The van der Waals surface area contributed by atoms with Crippen molar-refractivity contribution in [1.82, 2.24) is 9.55 Å². The summed E-state index contributed by atoms with van der Waals surface area (Å²) in [6, 6.07) is 8.42. The number of carbonyl (C=O) groups excluding carboxylic acids is 1. The number of esters is 1. The maximum atomic E-state index is 14.3. The fourth-order valence-electron chi connectivity index (χ4n) is 2.89. The van der Waals surface area contributed by atoms with Crippen LogP contribution in [0.4, 0.5) is 4.39 Å². The van der Waals surface area contributed by atoms with Gasteiger partial charge in [-0.05, 0) is 30.0 Å². The zero-order valence-corrected chi connectivity index (χ0v) is 17.7. The van der Waals surface area contributed by atoms with Gasteiger partial charge in [0.1, 0.15) is 11.6 Å². The lowest BCUT2D eigenvalue weighted by atomic mass is 10.2. The molecule has 0 bridgehead atoms. The molecule has 3 rings (SSSR count). The highest BCUT2D eigenvalue weighted by Crippen LogP contribution is 2.25. The van der Waals surface area contributed by atoms with Crippen LogP contribution in [-0.2, 0) is 24.2 Å². The number of aromatic nitrogens is 2. The van der Waals surface area contributed by atoms with E-state index in [1.807, 2.05) is 17.5 Å². The third kappa shape index (κ3) is 5.34. The van der Waals surface area contributed by atoms with E-state index in [0.717, 1.165) is 23.5 Å². The molecule has 29 heavy (non-hydrogen) atoms. The minimum absolute atomic E-state index is 0.130. The Morgan fingerprint density at radius 1 is 1.34 bits per heavy atom. The van der Waals surface area contributed by atoms with Crippen LogP contribution in [0.1, 0.15) is 36.0 Å². The number of hydrogen-bond acceptors (Lipinski definition) is 4. The van der Waals surface area contributed by atoms with E-state index in [1.54, 1.807) is 28.0 Å². The standard InChI is InChI=1S/C22H22ClFN2O2S/c1-3-4-10-20-25-13-21(26(20)14-17-18(23)8-5-9-19(17)24)28-22(27)15(2)12-16-7-6-11-29-16/h5-9,11,13H,2-4,10,12,14H2,1H3. The molecular weight excluding hydrogens is 411 g/mol. The lowest BCUT2D eigenvalue weighted by molar-refractivity contribution is -0.130. The second-order valence-electron chi connectivity index (χ2n) is 6.65. The van der Waals surface area contributed by atoms with Gasteiger partial charge in [-0.25, -0.2) is 14.2 Å². The van der Waals surface area contributed by atoms with Crippen LogP contribution < -0.4 is 4.74 Å². The van der Waals surface area contributed by atoms with Crippen LogP contribution in [0.3, 0.4) is 0 Å². The molecule has 0 N–H and O–H groups in total. The number of rotatable bonds is 9. The van der Waals surface area contributed by atoms with E-state index in [4.69, 9.17) is 16.3 Å². The monoisotopic (exact) mass is 432 g/mol. The number of unbranched alkanes of at least 4 members (excludes halogenated alkanes) is 1. The van der Waals surface area contributed by atoms with Crippen LogP contribution in [-0.4, -0.2) is 15.5 Å². The fourth-order valence-corrected chi connectivity index (χ4v) is 3.86. The molecule has 0 aliphatic heterocycles. The topological polar surface area (TPSA) is 44.1 Å². The summed E-state index contributed by atoms with van der Waals surface area (Å²) in [5.74, 6) is 0.0406. The molecule has 0 aliphatic carbocycles. The Hall–Kier alpha value is -2.44. The molecule has 7 heteroatoms. The second kappa shape index (κ2) is 9.85. The van der Waals surface area contributed by atoms with Crippen LogP contribution in [0, 0.1) is 5.82 Å². The van der Waals surface area contributed by atoms with E-state index >= 15 is 0 Å². The van der Waals surface area contributed by atoms with Gasteiger partial charge in [-0.3, -0.25) is 4.57 Å². The highest BCUT2D eigenvalue weighted by Gasteiger charge is 2.19. The van der Waals surface area contributed by atoms with Gasteiger partial charge in [0, 0.05) is 33.9 Å². The summed E-state index contributed by atoms with van der Waals surface area (Å²) in [6.07, 6.45) is 4.51. The minimum atomic E-state index is -0.527. The average molecular weight is 433 g/mol. The number of hydrogen-bond donors (Lipinski definition) is 0. The molecule has 0 spiro atoms. The lowest BCUT2D eigenvalue weighted by Gasteiger charge is -2.14. The molecule has 0 amide bonds. The molecule has 3 aromatic rings. The van der Waals surface area contributed by atoms with Crippen molar-refractivity contribution in [2.45, 2.75) is 39.2 Å². The first-order chi connectivity index (χ1) is 14.0. The Morgan fingerprint density at radius 3 is 2.86 bits per heavy atom. The lowest BCUT2D eigenvalue weighted by Crippen LogP contribution is -2.16. The van der Waals surface area contributed by atoms with Crippen molar-refractivity contribution < 1.29 is 13.9 Å². The van der Waals surface area contributed by atoms with Gasteiger partial charge in [0.15, 0.2) is 0 Å². The molecule has 2 heterocycles. The maximum Gasteiger partial charge on any atom is 0.340 e. The number of ether oxygens (including phenoxy) is 1. The number of halogens is 2. The van der Waals surface area contributed by atoms with Crippen LogP contribution in [0.2, 0.25) is 5.02 Å². The molecule has 0 radical (unpaired) electrons. The van der Waals surface area contributed by atoms with E-state index in [2.05, 4.69) is 18.5 Å². The summed E-state index contributed by atoms with van der Waals surface area (Å²) >= 11 is 7.75. The third-order valence-corrected chi connectivity index (χ3v) is 5.72. The summed E-state index contributed by atoms with van der Waals surface area (Å²) in [4.78, 5) is 18.0. The smallest absolute Gasteiger partial charge is 0.340 e. The van der Waals surface area contributed by atoms with E-state index in [1.165, 1.54) is 12.3 Å². The maximum absolute atomic E-state index is 14.3. The quantitative estimate of drug-likeness (QED) is 0.315. The normalized spacial score (nSPS) is 10.9. The van der Waals surface area contributed by atoms with Crippen LogP contribution in [0.15, 0.2) is 54.1 Å². The van der Waals surface area contributed by atoms with Crippen LogP contribution in [0.5, 0.6) is 5.88 Å². The molecule has 1 aromatic carbocycles. The zero-order chi connectivity index (χ0) is 20.8. The van der Waals surface area contributed by atoms with Crippen molar-refractivity contribution in [1.29, 1.82) is 0 Å². The summed E-state index contributed by atoms with van der Waals surface area (Å²) in [6.45, 7) is 6.05. The van der Waals surface area contributed by atoms with Crippen LogP contribution >= 0.6 is 22.9 Å². The largest absolute Gasteiger partial charge is 0.404 e. The van der Waals surface area contributed by atoms with Gasteiger partial charge in [-0.15, -0.1) is 11.3 Å². The molecule has 0 unspecified atom stereocenters. The highest BCUT2D eigenvalue weighted by atomic mass is 35.5. The summed E-state index contributed by atoms with van der Waals surface area (Å²) in [5.41, 5.74) is 0.679. The first-order valence-corrected chi connectivity index (χ1v) is 10.6. The van der Waals surface area contributed by atoms with Gasteiger partial charge < -0.3 is 4.74 Å². The zero-order valence-electron chi connectivity index (χ0n) is 16.2. The third-order valence-electron chi connectivity index (χ3n) is 4.49. The molecule has 0 aliphatic rings. The number of carbonyl (C=O) groups is 1. The Labute approximate surface area is 178 Å². The van der Waals surface area contributed by atoms with Crippen molar-refractivity contribution in [3.05, 3.63) is 81.2 Å². The number of thiophene rings is 1. The number of aryl methyl sites for hydroxylation is 1. The number of imidazole rings is 1. The van der Waals surface area contributed by atoms with Gasteiger partial charge >= 0.3 is 5.97 Å². The molecule has 0 saturated carbocycles. The molecular formula is C22H22ClFN2O2S. The van der Waals surface area contributed by atoms with Gasteiger partial charge in [-0.1, -0.05) is 43.7 Å². The SMILES string of the molecule is C=C(Cc1cccs1)C(=O)Oc1cnc(CCCC)n1Cc1c(F)cccc1Cl. The van der Waals surface area contributed by atoms with E-state index < -0.39 is 11.8 Å². The molecule has 0 fully saturated rings. The predicted octanol–water partition coefficient (Wildman–Crippen LogP) is 5.83. The van der Waals surface area contributed by atoms with Crippen LogP contribution in [0.25, 0.3) is 0 Å². The molecule has 2 aromatic heterocycles. The van der Waals surface area contributed by atoms with Gasteiger partial charge in [-0.2, -0.15) is 0 Å². The second-order valence-corrected chi connectivity index (χ2v) is 8.09. The number of benzene rings is 1. The first-order valence-electron chi connectivity index (χ1n) is 9.39.